The van der Waals surface area contributed by atoms with Gasteiger partial charge in [0.05, 0.1) is 21.9 Å². The summed E-state index contributed by atoms with van der Waals surface area (Å²) in [5, 5.41) is 4.75. The maximum absolute atomic E-state index is 6.34. The molecule has 3 aliphatic carbocycles. The minimum absolute atomic E-state index is 0.539. The van der Waals surface area contributed by atoms with Gasteiger partial charge in [0.2, 0.25) is 0 Å². The van der Waals surface area contributed by atoms with Crippen LogP contribution in [0.2, 0.25) is 0 Å². The molecule has 0 unspecified atom stereocenters. The highest BCUT2D eigenvalue weighted by Crippen LogP contribution is 2.68. The van der Waals surface area contributed by atoms with Crippen molar-refractivity contribution >= 4 is 43.7 Å². The number of rotatable bonds is 1. The van der Waals surface area contributed by atoms with E-state index in [2.05, 4.69) is 199 Å². The molecule has 0 saturated heterocycles. The van der Waals surface area contributed by atoms with Gasteiger partial charge in [-0.1, -0.05) is 158 Å². The van der Waals surface area contributed by atoms with Crippen molar-refractivity contribution in [2.75, 3.05) is 0 Å². The van der Waals surface area contributed by atoms with E-state index < -0.39 is 10.8 Å². The number of furan rings is 1. The van der Waals surface area contributed by atoms with Crippen molar-refractivity contribution in [3.05, 3.63) is 245 Å². The van der Waals surface area contributed by atoms with Crippen LogP contribution in [0.3, 0.4) is 0 Å². The molecule has 0 fully saturated rings. The van der Waals surface area contributed by atoms with Crippen molar-refractivity contribution < 1.29 is 4.42 Å². The second kappa shape index (κ2) is 10.7. The van der Waals surface area contributed by atoms with Gasteiger partial charge in [-0.25, -0.2) is 0 Å². The number of hydrogen-bond donors (Lipinski definition) is 0. The van der Waals surface area contributed by atoms with Crippen LogP contribution < -0.4 is 0 Å². The van der Waals surface area contributed by atoms with E-state index in [0.717, 1.165) is 27.6 Å². The summed E-state index contributed by atoms with van der Waals surface area (Å²) in [6, 6.07) is 75.2. The standard InChI is InChI=1S/C56H33NO/c1-7-21-43-35(15-1)36-16-2-8-22-44(36)55(43)47-25-11-12-26-48(47)56(45-23-9-3-17-37(45)38-18-4-10-24-46(38)56)50-33-52-41(32-49(50)55)39-19-5-13-27-51(39)57(52)34-29-30-54-42(31-34)40-20-6-14-28-53(40)58-54/h1-33H. The van der Waals surface area contributed by atoms with Crippen LogP contribution in [0, 0.1) is 0 Å². The number of hydrogen-bond acceptors (Lipinski definition) is 1. The lowest BCUT2D eigenvalue weighted by atomic mass is 9.52. The first kappa shape index (κ1) is 30.8. The molecule has 3 aliphatic rings. The first-order valence-corrected chi connectivity index (χ1v) is 20.3. The van der Waals surface area contributed by atoms with Crippen LogP contribution in [0.4, 0.5) is 0 Å². The van der Waals surface area contributed by atoms with E-state index in [0.29, 0.717) is 0 Å². The second-order valence-corrected chi connectivity index (χ2v) is 16.3. The van der Waals surface area contributed by atoms with E-state index in [1.54, 1.807) is 0 Å². The second-order valence-electron chi connectivity index (χ2n) is 16.3. The third-order valence-corrected chi connectivity index (χ3v) is 13.9. The van der Waals surface area contributed by atoms with Gasteiger partial charge in [-0.2, -0.15) is 0 Å². The number of benzene rings is 9. The number of nitrogens with zero attached hydrogens (tertiary/aromatic N) is 1. The van der Waals surface area contributed by atoms with E-state index in [1.165, 1.54) is 88.6 Å². The summed E-state index contributed by atoms with van der Waals surface area (Å²) in [6.45, 7) is 0. The first-order chi connectivity index (χ1) is 28.8. The van der Waals surface area contributed by atoms with Crippen LogP contribution in [-0.4, -0.2) is 4.57 Å². The van der Waals surface area contributed by atoms with Crippen molar-refractivity contribution in [1.82, 2.24) is 4.57 Å². The van der Waals surface area contributed by atoms with E-state index in [-0.39, 0.29) is 0 Å². The van der Waals surface area contributed by atoms with E-state index in [4.69, 9.17) is 4.42 Å². The minimum Gasteiger partial charge on any atom is -0.456 e. The van der Waals surface area contributed by atoms with Gasteiger partial charge in [-0.15, -0.1) is 0 Å². The molecule has 2 nitrogen and oxygen atoms in total. The molecule has 0 bridgehead atoms. The van der Waals surface area contributed by atoms with E-state index in [1.807, 2.05) is 6.07 Å². The zero-order valence-electron chi connectivity index (χ0n) is 31.4. The van der Waals surface area contributed by atoms with Gasteiger partial charge in [0.1, 0.15) is 11.2 Å². The largest absolute Gasteiger partial charge is 0.456 e. The Morgan fingerprint density at radius 2 is 0.741 bits per heavy atom. The zero-order valence-corrected chi connectivity index (χ0v) is 31.4. The highest BCUT2D eigenvalue weighted by molar-refractivity contribution is 6.12. The molecular weight excluding hydrogens is 703 g/mol. The van der Waals surface area contributed by atoms with Gasteiger partial charge >= 0.3 is 0 Å². The Kier molecular flexibility index (Phi) is 5.67. The van der Waals surface area contributed by atoms with Crippen LogP contribution in [0.25, 0.3) is 71.7 Å². The molecule has 0 amide bonds. The quantitative estimate of drug-likeness (QED) is 0.164. The minimum atomic E-state index is -0.559. The lowest BCUT2D eigenvalue weighted by Gasteiger charge is -2.49. The molecular formula is C56H33NO. The fourth-order valence-corrected chi connectivity index (χ4v) is 11.8. The summed E-state index contributed by atoms with van der Waals surface area (Å²) < 4.78 is 8.84. The third kappa shape index (κ3) is 3.45. The van der Waals surface area contributed by atoms with Crippen molar-refractivity contribution in [2.45, 2.75) is 10.8 Å². The molecule has 0 N–H and O–H groups in total. The van der Waals surface area contributed by atoms with Gasteiger partial charge in [0, 0.05) is 27.2 Å². The third-order valence-electron chi connectivity index (χ3n) is 13.9. The van der Waals surface area contributed by atoms with Crippen LogP contribution >= 0.6 is 0 Å². The van der Waals surface area contributed by atoms with Crippen LogP contribution in [0.1, 0.15) is 44.5 Å². The van der Waals surface area contributed by atoms with Gasteiger partial charge in [0.25, 0.3) is 0 Å². The summed E-state index contributed by atoms with van der Waals surface area (Å²) >= 11 is 0. The molecule has 2 spiro atoms. The van der Waals surface area contributed by atoms with Crippen LogP contribution in [0.15, 0.2) is 205 Å². The SMILES string of the molecule is c1ccc2c(c1)-c1ccccc1C21c2ccccc2C2(c3ccccc3-c3ccccc32)c2cc3c(cc21)c1ccccc1n3-c1ccc2oc3ccccc3c2c1. The smallest absolute Gasteiger partial charge is 0.135 e. The van der Waals surface area contributed by atoms with E-state index >= 15 is 0 Å². The Labute approximate surface area is 334 Å². The normalized spacial score (nSPS) is 14.8. The Bertz CT molecular complexity index is 3500. The van der Waals surface area contributed by atoms with E-state index in [9.17, 15) is 0 Å². The van der Waals surface area contributed by atoms with Crippen molar-refractivity contribution in [3.8, 4) is 27.9 Å². The van der Waals surface area contributed by atoms with Gasteiger partial charge < -0.3 is 8.98 Å². The Hall–Kier alpha value is -7.42. The number of fused-ring (bicyclic) bond motifs is 22. The number of aromatic nitrogens is 1. The van der Waals surface area contributed by atoms with Crippen molar-refractivity contribution in [1.29, 1.82) is 0 Å². The molecule has 0 aliphatic heterocycles. The summed E-state index contributed by atoms with van der Waals surface area (Å²) in [5.41, 5.74) is 20.2. The maximum Gasteiger partial charge on any atom is 0.135 e. The molecule has 11 aromatic rings. The lowest BCUT2D eigenvalue weighted by molar-refractivity contribution is 0.634. The molecule has 2 aromatic heterocycles. The molecule has 58 heavy (non-hydrogen) atoms. The van der Waals surface area contributed by atoms with Crippen LogP contribution in [0.5, 0.6) is 0 Å². The predicted octanol–water partition coefficient (Wildman–Crippen LogP) is 13.7. The molecule has 268 valence electrons. The van der Waals surface area contributed by atoms with Gasteiger partial charge in [0.15, 0.2) is 0 Å². The molecule has 2 heterocycles. The number of para-hydroxylation sites is 2. The molecule has 0 atom stereocenters. The molecule has 0 radical (unpaired) electrons. The Morgan fingerprint density at radius 1 is 0.293 bits per heavy atom. The first-order valence-electron chi connectivity index (χ1n) is 20.3. The Morgan fingerprint density at radius 3 is 1.33 bits per heavy atom. The monoisotopic (exact) mass is 735 g/mol. The molecule has 2 heteroatoms. The van der Waals surface area contributed by atoms with Crippen molar-refractivity contribution in [3.63, 3.8) is 0 Å². The lowest BCUT2D eigenvalue weighted by Crippen LogP contribution is -2.43. The zero-order chi connectivity index (χ0) is 37.7. The molecule has 14 rings (SSSR count). The highest BCUT2D eigenvalue weighted by Gasteiger charge is 2.59. The molecule has 0 saturated carbocycles. The van der Waals surface area contributed by atoms with Gasteiger partial charge in [-0.3, -0.25) is 0 Å². The predicted molar refractivity (Wildman–Crippen MR) is 236 cm³/mol. The fraction of sp³-hybridized carbons (Fsp3) is 0.0357. The van der Waals surface area contributed by atoms with Crippen LogP contribution in [-0.2, 0) is 10.8 Å². The summed E-state index contributed by atoms with van der Waals surface area (Å²) in [7, 11) is 0. The maximum atomic E-state index is 6.34. The highest BCUT2D eigenvalue weighted by atomic mass is 16.3. The topological polar surface area (TPSA) is 18.1 Å². The Balaban J connectivity index is 1.21. The average molecular weight is 736 g/mol. The van der Waals surface area contributed by atoms with Gasteiger partial charge in [-0.05, 0) is 109 Å². The van der Waals surface area contributed by atoms with Crippen molar-refractivity contribution in [2.24, 2.45) is 0 Å². The summed E-state index contributed by atoms with van der Waals surface area (Å²) in [4.78, 5) is 0. The fourth-order valence-electron chi connectivity index (χ4n) is 11.8. The molecule has 9 aromatic carbocycles. The summed E-state index contributed by atoms with van der Waals surface area (Å²) in [5.74, 6) is 0. The summed E-state index contributed by atoms with van der Waals surface area (Å²) in [6.07, 6.45) is 0. The average Bonchev–Trinajstić information content (AvgIpc) is 4.00.